The second-order valence-corrected chi connectivity index (χ2v) is 14.9. The van der Waals surface area contributed by atoms with Crippen molar-refractivity contribution in [3.8, 4) is 0 Å². The first-order valence-electron chi connectivity index (χ1n) is 20.2. The summed E-state index contributed by atoms with van der Waals surface area (Å²) in [5, 5.41) is 17.6. The van der Waals surface area contributed by atoms with Crippen molar-refractivity contribution in [3.05, 3.63) is 71.8 Å². The fraction of sp³-hybridized carbons (Fsp3) is 0.571. The molecule has 2 aromatic carbocycles. The monoisotopic (exact) mass is 774 g/mol. The molecule has 0 spiro atoms. The van der Waals surface area contributed by atoms with E-state index < -0.39 is 36.3 Å². The van der Waals surface area contributed by atoms with Gasteiger partial charge >= 0.3 is 0 Å². The zero-order chi connectivity index (χ0) is 40.5. The van der Waals surface area contributed by atoms with Crippen molar-refractivity contribution < 1.29 is 28.8 Å². The van der Waals surface area contributed by atoms with Crippen molar-refractivity contribution >= 4 is 35.4 Å². The van der Waals surface area contributed by atoms with E-state index in [4.69, 9.17) is 0 Å². The van der Waals surface area contributed by atoms with Crippen LogP contribution in [-0.4, -0.2) is 109 Å². The summed E-state index contributed by atoms with van der Waals surface area (Å²) in [6, 6.07) is 15.4. The maximum atomic E-state index is 14.0. The van der Waals surface area contributed by atoms with Crippen LogP contribution in [0.4, 0.5) is 0 Å². The molecular weight excluding hydrogens is 713 g/mol. The van der Waals surface area contributed by atoms with Crippen LogP contribution in [0.2, 0.25) is 0 Å². The van der Waals surface area contributed by atoms with E-state index in [1.54, 1.807) is 37.7 Å². The van der Waals surface area contributed by atoms with Crippen molar-refractivity contribution in [1.82, 2.24) is 41.7 Å². The lowest BCUT2D eigenvalue weighted by atomic mass is 10.0. The third kappa shape index (κ3) is 12.9. The maximum Gasteiger partial charge on any atom is 0.245 e. The highest BCUT2D eigenvalue weighted by Crippen LogP contribution is 2.23. The molecule has 0 unspecified atom stereocenters. The molecule has 2 aromatic rings. The predicted molar refractivity (Wildman–Crippen MR) is 215 cm³/mol. The number of hydrogen-bond donors (Lipinski definition) is 6. The average Bonchev–Trinajstić information content (AvgIpc) is 3.93. The molecule has 2 aliphatic heterocycles. The summed E-state index contributed by atoms with van der Waals surface area (Å²) >= 11 is 0. The number of nitrogens with zero attached hydrogens (tertiary/aromatic N) is 2. The van der Waals surface area contributed by atoms with Crippen LogP contribution in [0.25, 0.3) is 0 Å². The Kier molecular flexibility index (Phi) is 17.8. The van der Waals surface area contributed by atoms with E-state index in [9.17, 15) is 28.8 Å². The third-order valence-electron chi connectivity index (χ3n) is 10.9. The van der Waals surface area contributed by atoms with Crippen molar-refractivity contribution in [2.24, 2.45) is 0 Å². The highest BCUT2D eigenvalue weighted by atomic mass is 16.2. The fourth-order valence-electron chi connectivity index (χ4n) is 7.23. The smallest absolute Gasteiger partial charge is 0.245 e. The Balaban J connectivity index is 1.33. The first-order chi connectivity index (χ1) is 27.0. The van der Waals surface area contributed by atoms with Crippen molar-refractivity contribution in [1.29, 1.82) is 0 Å². The normalized spacial score (nSPS) is 18.7. The lowest BCUT2D eigenvalue weighted by Gasteiger charge is -2.30. The molecule has 306 valence electrons. The highest BCUT2D eigenvalue weighted by Gasteiger charge is 2.39. The van der Waals surface area contributed by atoms with E-state index in [0.29, 0.717) is 77.5 Å². The van der Waals surface area contributed by atoms with Gasteiger partial charge in [-0.05, 0) is 77.6 Å². The Hall–Kier alpha value is -4.82. The zero-order valence-corrected chi connectivity index (χ0v) is 33.5. The minimum absolute atomic E-state index is 0.207. The van der Waals surface area contributed by atoms with Crippen LogP contribution >= 0.6 is 0 Å². The molecule has 0 saturated carbocycles. The highest BCUT2D eigenvalue weighted by molar-refractivity contribution is 5.94. The van der Waals surface area contributed by atoms with E-state index in [0.717, 1.165) is 24.0 Å². The van der Waals surface area contributed by atoms with Crippen molar-refractivity contribution in [2.45, 2.75) is 127 Å². The Bertz CT molecular complexity index is 1480. The van der Waals surface area contributed by atoms with Gasteiger partial charge in [0.2, 0.25) is 35.4 Å². The summed E-state index contributed by atoms with van der Waals surface area (Å²) in [5.74, 6) is -1.53. The van der Waals surface area contributed by atoms with Gasteiger partial charge in [0.1, 0.15) is 24.2 Å². The van der Waals surface area contributed by atoms with Gasteiger partial charge in [0, 0.05) is 26.2 Å². The van der Waals surface area contributed by atoms with Gasteiger partial charge in [-0.25, -0.2) is 0 Å². The summed E-state index contributed by atoms with van der Waals surface area (Å²) in [6.07, 6.45) is 5.98. The molecule has 6 atom stereocenters. The van der Waals surface area contributed by atoms with Gasteiger partial charge in [0.25, 0.3) is 0 Å². The third-order valence-corrected chi connectivity index (χ3v) is 10.9. The zero-order valence-electron chi connectivity index (χ0n) is 33.5. The van der Waals surface area contributed by atoms with Crippen LogP contribution in [0.15, 0.2) is 60.7 Å². The molecule has 0 aromatic heterocycles. The first-order valence-corrected chi connectivity index (χ1v) is 20.2. The van der Waals surface area contributed by atoms with E-state index >= 15 is 0 Å². The molecule has 0 radical (unpaired) electrons. The van der Waals surface area contributed by atoms with Gasteiger partial charge in [0.05, 0.1) is 12.1 Å². The molecule has 0 aliphatic carbocycles. The number of carbonyl (C=O) groups is 6. The number of likely N-dealkylation sites (tertiary alicyclic amines) is 2. The second kappa shape index (κ2) is 22.7. The van der Waals surface area contributed by atoms with Crippen LogP contribution in [0.3, 0.4) is 0 Å². The summed E-state index contributed by atoms with van der Waals surface area (Å²) in [5.41, 5.74) is 1.94. The Morgan fingerprint density at radius 3 is 1.32 bits per heavy atom. The van der Waals surface area contributed by atoms with Crippen LogP contribution in [0.1, 0.15) is 89.2 Å². The lowest BCUT2D eigenvalue weighted by molar-refractivity contribution is -0.141. The molecule has 6 amide bonds. The minimum atomic E-state index is -0.794. The summed E-state index contributed by atoms with van der Waals surface area (Å²) in [6.45, 7) is 5.06. The molecule has 4 rings (SSSR count). The molecule has 2 aliphatic rings. The average molecular weight is 775 g/mol. The molecule has 0 bridgehead atoms. The number of nitrogens with one attached hydrogen (secondary N) is 6. The molecule has 2 fully saturated rings. The largest absolute Gasteiger partial charge is 0.350 e. The number of carbonyl (C=O) groups excluding carboxylic acids is 6. The Morgan fingerprint density at radius 1 is 0.589 bits per heavy atom. The standard InChI is InChI=1S/C42H62N8O6/c1-29(43-3)37(51)47-33(41(55)49-25-15-23-35(49)39(53)45-27-31-17-9-7-10-18-31)21-13-5-6-14-22-34(48-38(52)30(2)44-4)42(56)50-26-16-24-36(50)40(54)46-28-32-19-11-8-12-20-32/h7-12,17-20,29-30,33-36,43-44H,5-6,13-16,21-28H2,1-4H3,(H,45,53)(H,46,54)(H,47,51)(H,48,52)/t29-,30+,33-,34-,35-,36-/m0/s1. The summed E-state index contributed by atoms with van der Waals surface area (Å²) in [4.78, 5) is 83.5. The van der Waals surface area contributed by atoms with E-state index in [1.165, 1.54) is 0 Å². The van der Waals surface area contributed by atoms with Gasteiger partial charge in [-0.3, -0.25) is 28.8 Å². The summed E-state index contributed by atoms with van der Waals surface area (Å²) < 4.78 is 0. The van der Waals surface area contributed by atoms with Crippen LogP contribution in [-0.2, 0) is 41.9 Å². The van der Waals surface area contributed by atoms with Gasteiger partial charge in [-0.1, -0.05) is 86.3 Å². The number of hydrogen-bond acceptors (Lipinski definition) is 8. The van der Waals surface area contributed by atoms with Crippen molar-refractivity contribution in [3.63, 3.8) is 0 Å². The van der Waals surface area contributed by atoms with Crippen molar-refractivity contribution in [2.75, 3.05) is 27.2 Å². The second-order valence-electron chi connectivity index (χ2n) is 14.9. The van der Waals surface area contributed by atoms with Crippen LogP contribution in [0, 0.1) is 0 Å². The van der Waals surface area contributed by atoms with Gasteiger partial charge < -0.3 is 41.7 Å². The molecule has 14 heteroatoms. The van der Waals surface area contributed by atoms with Gasteiger partial charge in [-0.15, -0.1) is 0 Å². The number of amides is 6. The van der Waals surface area contributed by atoms with E-state index in [2.05, 4.69) is 31.9 Å². The quantitative estimate of drug-likeness (QED) is 0.104. The number of benzene rings is 2. The van der Waals surface area contributed by atoms with E-state index in [-0.39, 0.29) is 35.4 Å². The van der Waals surface area contributed by atoms with E-state index in [1.807, 2.05) is 60.7 Å². The molecular formula is C42H62N8O6. The SMILES string of the molecule is CN[C@@H](C)C(=O)N[C@@H](CCCCCC[C@H](NC(=O)[C@@H](C)NC)C(=O)N1CCC[C@H]1C(=O)NCc1ccccc1)C(=O)N1CCC[C@H]1C(=O)NCc1ccccc1. The Morgan fingerprint density at radius 2 is 0.964 bits per heavy atom. The van der Waals surface area contributed by atoms with Gasteiger partial charge in [-0.2, -0.15) is 0 Å². The molecule has 56 heavy (non-hydrogen) atoms. The first kappa shape index (κ1) is 43.9. The Labute approximate surface area is 331 Å². The number of rotatable bonds is 21. The van der Waals surface area contributed by atoms with Crippen LogP contribution < -0.4 is 31.9 Å². The van der Waals surface area contributed by atoms with Gasteiger partial charge in [0.15, 0.2) is 0 Å². The van der Waals surface area contributed by atoms with Crippen LogP contribution in [0.5, 0.6) is 0 Å². The fourth-order valence-corrected chi connectivity index (χ4v) is 7.23. The number of likely N-dealkylation sites (N-methyl/N-ethyl adjacent to an activating group) is 2. The maximum absolute atomic E-state index is 14.0. The predicted octanol–water partition coefficient (Wildman–Crippen LogP) is 2.13. The molecule has 2 heterocycles. The molecule has 2 saturated heterocycles. The molecule has 14 nitrogen and oxygen atoms in total. The lowest BCUT2D eigenvalue weighted by Crippen LogP contribution is -2.55. The number of unbranched alkanes of at least 4 members (excludes halogenated alkanes) is 3. The topological polar surface area (TPSA) is 181 Å². The molecule has 6 N–H and O–H groups in total. The summed E-state index contributed by atoms with van der Waals surface area (Å²) in [7, 11) is 3.36. The minimum Gasteiger partial charge on any atom is -0.350 e.